The SMILES string of the molecule is Cc1nccn1-c1ncccc1NC(=O)CC1CCNCC1. The second-order valence-corrected chi connectivity index (χ2v) is 5.66. The van der Waals surface area contributed by atoms with Crippen LogP contribution in [0.1, 0.15) is 25.1 Å². The molecule has 0 spiro atoms. The summed E-state index contributed by atoms with van der Waals surface area (Å²) >= 11 is 0. The third-order valence-corrected chi connectivity index (χ3v) is 4.05. The molecule has 0 aliphatic carbocycles. The molecule has 0 bridgehead atoms. The molecule has 0 aromatic carbocycles. The van der Waals surface area contributed by atoms with E-state index in [2.05, 4.69) is 20.6 Å². The number of amides is 1. The standard InChI is InChI=1S/C16H21N5O/c1-12-18-9-10-21(12)16-14(3-2-6-19-16)20-15(22)11-13-4-7-17-8-5-13/h2-3,6,9-10,13,17H,4-5,7-8,11H2,1H3,(H,20,22). The van der Waals surface area contributed by atoms with Crippen LogP contribution in [0.15, 0.2) is 30.7 Å². The molecular formula is C16H21N5O. The highest BCUT2D eigenvalue weighted by Crippen LogP contribution is 2.21. The maximum atomic E-state index is 12.3. The molecule has 6 heteroatoms. The molecule has 6 nitrogen and oxygen atoms in total. The van der Waals surface area contributed by atoms with Gasteiger partial charge in [0.25, 0.3) is 0 Å². The van der Waals surface area contributed by atoms with E-state index in [9.17, 15) is 4.79 Å². The van der Waals surface area contributed by atoms with E-state index in [-0.39, 0.29) is 5.91 Å². The maximum Gasteiger partial charge on any atom is 0.224 e. The Labute approximate surface area is 130 Å². The predicted molar refractivity (Wildman–Crippen MR) is 84.9 cm³/mol. The zero-order valence-electron chi connectivity index (χ0n) is 12.7. The van der Waals surface area contributed by atoms with Crippen molar-refractivity contribution in [3.05, 3.63) is 36.5 Å². The molecule has 3 heterocycles. The van der Waals surface area contributed by atoms with Crippen molar-refractivity contribution in [2.75, 3.05) is 18.4 Å². The summed E-state index contributed by atoms with van der Waals surface area (Å²) in [5, 5.41) is 6.32. The molecule has 2 N–H and O–H groups in total. The highest BCUT2D eigenvalue weighted by Gasteiger charge is 2.18. The molecule has 1 amide bonds. The van der Waals surface area contributed by atoms with Crippen molar-refractivity contribution in [2.24, 2.45) is 5.92 Å². The zero-order valence-corrected chi connectivity index (χ0v) is 12.7. The first-order valence-electron chi connectivity index (χ1n) is 7.70. The van der Waals surface area contributed by atoms with Crippen molar-refractivity contribution < 1.29 is 4.79 Å². The average Bonchev–Trinajstić information content (AvgIpc) is 2.95. The summed E-state index contributed by atoms with van der Waals surface area (Å²) in [7, 11) is 0. The van der Waals surface area contributed by atoms with Gasteiger partial charge in [-0.1, -0.05) is 0 Å². The summed E-state index contributed by atoms with van der Waals surface area (Å²) in [6.45, 7) is 3.92. The number of anilines is 1. The Morgan fingerprint density at radius 1 is 1.36 bits per heavy atom. The summed E-state index contributed by atoms with van der Waals surface area (Å²) in [6, 6.07) is 3.71. The van der Waals surface area contributed by atoms with Crippen molar-refractivity contribution in [3.8, 4) is 5.82 Å². The maximum absolute atomic E-state index is 12.3. The second-order valence-electron chi connectivity index (χ2n) is 5.66. The Morgan fingerprint density at radius 2 is 2.18 bits per heavy atom. The lowest BCUT2D eigenvalue weighted by Crippen LogP contribution is -2.30. The van der Waals surface area contributed by atoms with Crippen LogP contribution in [-0.2, 0) is 4.79 Å². The minimum Gasteiger partial charge on any atom is -0.323 e. The number of piperidine rings is 1. The summed E-state index contributed by atoms with van der Waals surface area (Å²) in [6.07, 6.45) is 7.99. The number of hydrogen-bond donors (Lipinski definition) is 2. The van der Waals surface area contributed by atoms with Crippen molar-refractivity contribution in [3.63, 3.8) is 0 Å². The minimum atomic E-state index is 0.0546. The zero-order chi connectivity index (χ0) is 15.4. The van der Waals surface area contributed by atoms with Crippen LogP contribution in [0.25, 0.3) is 5.82 Å². The average molecular weight is 299 g/mol. The summed E-state index contributed by atoms with van der Waals surface area (Å²) in [4.78, 5) is 20.9. The molecular weight excluding hydrogens is 278 g/mol. The molecule has 22 heavy (non-hydrogen) atoms. The van der Waals surface area contributed by atoms with Crippen LogP contribution in [-0.4, -0.2) is 33.5 Å². The molecule has 0 unspecified atom stereocenters. The van der Waals surface area contributed by atoms with Crippen molar-refractivity contribution in [2.45, 2.75) is 26.2 Å². The Bertz CT molecular complexity index is 645. The monoisotopic (exact) mass is 299 g/mol. The molecule has 2 aromatic rings. The lowest BCUT2D eigenvalue weighted by Gasteiger charge is -2.22. The summed E-state index contributed by atoms with van der Waals surface area (Å²) < 4.78 is 1.88. The van der Waals surface area contributed by atoms with Gasteiger partial charge in [-0.25, -0.2) is 9.97 Å². The fourth-order valence-corrected chi connectivity index (χ4v) is 2.84. The van der Waals surface area contributed by atoms with Gasteiger partial charge in [-0.15, -0.1) is 0 Å². The lowest BCUT2D eigenvalue weighted by atomic mass is 9.94. The van der Waals surface area contributed by atoms with Crippen LogP contribution >= 0.6 is 0 Å². The largest absolute Gasteiger partial charge is 0.323 e. The first kappa shape index (κ1) is 14.7. The van der Waals surface area contributed by atoms with Crippen LogP contribution in [0, 0.1) is 12.8 Å². The predicted octanol–water partition coefficient (Wildman–Crippen LogP) is 1.90. The number of nitrogens with one attached hydrogen (secondary N) is 2. The number of aromatic nitrogens is 3. The van der Waals surface area contributed by atoms with Gasteiger partial charge in [0.05, 0.1) is 5.69 Å². The minimum absolute atomic E-state index is 0.0546. The molecule has 2 aromatic heterocycles. The van der Waals surface area contributed by atoms with Gasteiger partial charge in [0.2, 0.25) is 5.91 Å². The van der Waals surface area contributed by atoms with Crippen molar-refractivity contribution >= 4 is 11.6 Å². The number of nitrogens with zero attached hydrogens (tertiary/aromatic N) is 3. The van der Waals surface area contributed by atoms with Gasteiger partial charge in [-0.2, -0.15) is 0 Å². The first-order chi connectivity index (χ1) is 10.7. The summed E-state index contributed by atoms with van der Waals surface area (Å²) in [5.41, 5.74) is 0.725. The van der Waals surface area contributed by atoms with Crippen LogP contribution in [0.5, 0.6) is 0 Å². The van der Waals surface area contributed by atoms with Gasteiger partial charge in [-0.3, -0.25) is 9.36 Å². The number of carbonyl (C=O) groups excluding carboxylic acids is 1. The second kappa shape index (κ2) is 6.70. The van der Waals surface area contributed by atoms with E-state index in [0.29, 0.717) is 18.2 Å². The van der Waals surface area contributed by atoms with Crippen LogP contribution in [0.4, 0.5) is 5.69 Å². The molecule has 0 radical (unpaired) electrons. The fourth-order valence-electron chi connectivity index (χ4n) is 2.84. The number of pyridine rings is 1. The highest BCUT2D eigenvalue weighted by molar-refractivity contribution is 5.92. The molecule has 1 aliphatic heterocycles. The number of aryl methyl sites for hydroxylation is 1. The van der Waals surface area contributed by atoms with Gasteiger partial charge in [0, 0.05) is 25.0 Å². The Balaban J connectivity index is 1.72. The molecule has 1 saturated heterocycles. The number of imidazole rings is 1. The van der Waals surface area contributed by atoms with Crippen LogP contribution in [0.3, 0.4) is 0 Å². The highest BCUT2D eigenvalue weighted by atomic mass is 16.1. The molecule has 0 atom stereocenters. The molecule has 3 rings (SSSR count). The molecule has 0 saturated carbocycles. The van der Waals surface area contributed by atoms with E-state index in [1.807, 2.05) is 29.8 Å². The van der Waals surface area contributed by atoms with Gasteiger partial charge < -0.3 is 10.6 Å². The lowest BCUT2D eigenvalue weighted by molar-refractivity contribution is -0.117. The topological polar surface area (TPSA) is 71.8 Å². The van der Waals surface area contributed by atoms with E-state index in [1.165, 1.54) is 0 Å². The van der Waals surface area contributed by atoms with E-state index in [4.69, 9.17) is 0 Å². The normalized spacial score (nSPS) is 15.7. The Hall–Kier alpha value is -2.21. The fraction of sp³-hybridized carbons (Fsp3) is 0.438. The quantitative estimate of drug-likeness (QED) is 0.904. The first-order valence-corrected chi connectivity index (χ1v) is 7.70. The number of carbonyl (C=O) groups is 1. The van der Waals surface area contributed by atoms with Crippen molar-refractivity contribution in [1.82, 2.24) is 19.9 Å². The smallest absolute Gasteiger partial charge is 0.224 e. The Kier molecular flexibility index (Phi) is 4.48. The van der Waals surface area contributed by atoms with Gasteiger partial charge >= 0.3 is 0 Å². The van der Waals surface area contributed by atoms with E-state index in [1.54, 1.807) is 12.4 Å². The van der Waals surface area contributed by atoms with Crippen LogP contribution < -0.4 is 10.6 Å². The molecule has 116 valence electrons. The molecule has 1 fully saturated rings. The van der Waals surface area contributed by atoms with Gasteiger partial charge in [0.1, 0.15) is 5.82 Å². The van der Waals surface area contributed by atoms with E-state index >= 15 is 0 Å². The number of rotatable bonds is 4. The van der Waals surface area contributed by atoms with Crippen LogP contribution in [0.2, 0.25) is 0 Å². The number of hydrogen-bond acceptors (Lipinski definition) is 4. The third kappa shape index (κ3) is 3.33. The van der Waals surface area contributed by atoms with E-state index in [0.717, 1.165) is 37.4 Å². The third-order valence-electron chi connectivity index (χ3n) is 4.05. The van der Waals surface area contributed by atoms with Gasteiger partial charge in [0.15, 0.2) is 5.82 Å². The molecule has 1 aliphatic rings. The Morgan fingerprint density at radius 3 is 2.91 bits per heavy atom. The summed E-state index contributed by atoms with van der Waals surface area (Å²) in [5.74, 6) is 2.07. The van der Waals surface area contributed by atoms with Crippen molar-refractivity contribution in [1.29, 1.82) is 0 Å². The van der Waals surface area contributed by atoms with E-state index < -0.39 is 0 Å². The van der Waals surface area contributed by atoms with Gasteiger partial charge in [-0.05, 0) is 50.9 Å².